The van der Waals surface area contributed by atoms with Crippen molar-refractivity contribution >= 4 is 0 Å². The van der Waals surface area contributed by atoms with E-state index in [9.17, 15) is 5.11 Å². The molecule has 0 heterocycles. The molecule has 72 valence electrons. The highest BCUT2D eigenvalue weighted by molar-refractivity contribution is 5.03. The van der Waals surface area contributed by atoms with Gasteiger partial charge in [0, 0.05) is 0 Å². The third-order valence-electron chi connectivity index (χ3n) is 3.00. The summed E-state index contributed by atoms with van der Waals surface area (Å²) in [6.45, 7) is 8.44. The monoisotopic (exact) mass is 172 g/mol. The van der Waals surface area contributed by atoms with E-state index in [1.54, 1.807) is 0 Å². The second-order valence-electron chi connectivity index (χ2n) is 4.69. The zero-order chi connectivity index (χ0) is 9.41. The fraction of sp³-hybridized carbons (Fsp3) is 1.00. The molecule has 1 saturated carbocycles. The molecule has 2 nitrogen and oxygen atoms in total. The Kier molecular flexibility index (Phi) is 2.50. The smallest absolute Gasteiger partial charge is 0.0905 e. The molecule has 0 bridgehead atoms. The van der Waals surface area contributed by atoms with Gasteiger partial charge in [0.25, 0.3) is 0 Å². The van der Waals surface area contributed by atoms with Gasteiger partial charge in [0.1, 0.15) is 0 Å². The maximum atomic E-state index is 10.0. The lowest BCUT2D eigenvalue weighted by molar-refractivity contribution is -0.0916. The van der Waals surface area contributed by atoms with Crippen molar-refractivity contribution in [2.45, 2.75) is 52.2 Å². The van der Waals surface area contributed by atoms with Gasteiger partial charge >= 0.3 is 0 Å². The lowest BCUT2D eigenvalue weighted by atomic mass is 9.88. The van der Waals surface area contributed by atoms with Crippen LogP contribution in [0.25, 0.3) is 0 Å². The van der Waals surface area contributed by atoms with Gasteiger partial charge in [-0.1, -0.05) is 6.92 Å². The van der Waals surface area contributed by atoms with Crippen molar-refractivity contribution in [3.05, 3.63) is 0 Å². The normalized spacial score (nSPS) is 25.5. The summed E-state index contributed by atoms with van der Waals surface area (Å²) in [5.41, 5.74) is -0.529. The quantitative estimate of drug-likeness (QED) is 0.702. The summed E-state index contributed by atoms with van der Waals surface area (Å²) in [4.78, 5) is 0. The molecular weight excluding hydrogens is 152 g/mol. The van der Waals surface area contributed by atoms with Crippen molar-refractivity contribution < 1.29 is 9.84 Å². The molecule has 1 rings (SSSR count). The van der Waals surface area contributed by atoms with Crippen molar-refractivity contribution in [2.24, 2.45) is 5.41 Å². The van der Waals surface area contributed by atoms with Crippen LogP contribution in [0.2, 0.25) is 0 Å². The van der Waals surface area contributed by atoms with Crippen molar-refractivity contribution in [2.75, 3.05) is 6.61 Å². The highest BCUT2D eigenvalue weighted by Crippen LogP contribution is 2.53. The highest BCUT2D eigenvalue weighted by atomic mass is 16.5. The Morgan fingerprint density at radius 1 is 1.50 bits per heavy atom. The summed E-state index contributed by atoms with van der Waals surface area (Å²) < 4.78 is 5.42. The molecule has 0 aliphatic heterocycles. The molecule has 1 N–H and O–H groups in total. The number of hydrogen-bond donors (Lipinski definition) is 1. The van der Waals surface area contributed by atoms with E-state index in [1.807, 2.05) is 20.8 Å². The Bertz CT molecular complexity index is 157. The van der Waals surface area contributed by atoms with Crippen molar-refractivity contribution in [3.8, 4) is 0 Å². The predicted octanol–water partition coefficient (Wildman–Crippen LogP) is 1.96. The second kappa shape index (κ2) is 3.00. The van der Waals surface area contributed by atoms with Crippen LogP contribution < -0.4 is 0 Å². The van der Waals surface area contributed by atoms with Gasteiger partial charge in [-0.2, -0.15) is 0 Å². The molecule has 0 aromatic rings. The first kappa shape index (κ1) is 10.0. The largest absolute Gasteiger partial charge is 0.387 e. The van der Waals surface area contributed by atoms with Crippen LogP contribution in [0, 0.1) is 5.41 Å². The van der Waals surface area contributed by atoms with E-state index in [1.165, 1.54) is 0 Å². The molecule has 0 aromatic heterocycles. The van der Waals surface area contributed by atoms with E-state index in [0.717, 1.165) is 12.8 Å². The second-order valence-corrected chi connectivity index (χ2v) is 4.69. The maximum absolute atomic E-state index is 10.0. The van der Waals surface area contributed by atoms with Gasteiger partial charge in [0.2, 0.25) is 0 Å². The van der Waals surface area contributed by atoms with Gasteiger partial charge < -0.3 is 9.84 Å². The van der Waals surface area contributed by atoms with E-state index in [2.05, 4.69) is 6.92 Å². The number of rotatable bonds is 4. The fourth-order valence-electron chi connectivity index (χ4n) is 1.23. The van der Waals surface area contributed by atoms with E-state index < -0.39 is 5.60 Å². The SMILES string of the molecule is CC(C)OCC(C)(O)C1(C)CC1. The third kappa shape index (κ3) is 1.99. The molecule has 0 radical (unpaired) electrons. The lowest BCUT2D eigenvalue weighted by Gasteiger charge is -2.30. The Hall–Kier alpha value is -0.0800. The van der Waals surface area contributed by atoms with E-state index in [-0.39, 0.29) is 11.5 Å². The Labute approximate surface area is 74.9 Å². The minimum Gasteiger partial charge on any atom is -0.387 e. The Morgan fingerprint density at radius 3 is 2.33 bits per heavy atom. The van der Waals surface area contributed by atoms with Gasteiger partial charge in [-0.3, -0.25) is 0 Å². The van der Waals surface area contributed by atoms with Crippen molar-refractivity contribution in [1.29, 1.82) is 0 Å². The molecule has 0 spiro atoms. The fourth-order valence-corrected chi connectivity index (χ4v) is 1.23. The number of aliphatic hydroxyl groups is 1. The van der Waals surface area contributed by atoms with Gasteiger partial charge in [-0.25, -0.2) is 0 Å². The molecule has 1 unspecified atom stereocenters. The average Bonchev–Trinajstić information content (AvgIpc) is 2.65. The first-order chi connectivity index (χ1) is 5.37. The molecule has 2 heteroatoms. The van der Waals surface area contributed by atoms with Gasteiger partial charge in [0.05, 0.1) is 18.3 Å². The van der Waals surface area contributed by atoms with E-state index in [4.69, 9.17) is 4.74 Å². The van der Waals surface area contributed by atoms with Crippen LogP contribution in [-0.2, 0) is 4.74 Å². The van der Waals surface area contributed by atoms with Crippen LogP contribution in [0.4, 0.5) is 0 Å². The van der Waals surface area contributed by atoms with Crippen LogP contribution in [0.3, 0.4) is 0 Å². The first-order valence-electron chi connectivity index (χ1n) is 4.71. The molecule has 0 aromatic carbocycles. The zero-order valence-electron chi connectivity index (χ0n) is 8.55. The van der Waals surface area contributed by atoms with Crippen LogP contribution >= 0.6 is 0 Å². The van der Waals surface area contributed by atoms with Gasteiger partial charge in [-0.05, 0) is 39.0 Å². The average molecular weight is 172 g/mol. The Morgan fingerprint density at radius 2 is 2.00 bits per heavy atom. The minimum atomic E-state index is -0.642. The first-order valence-corrected chi connectivity index (χ1v) is 4.71. The van der Waals surface area contributed by atoms with Gasteiger partial charge in [0.15, 0.2) is 0 Å². The highest BCUT2D eigenvalue weighted by Gasteiger charge is 2.52. The zero-order valence-corrected chi connectivity index (χ0v) is 8.55. The molecule has 12 heavy (non-hydrogen) atoms. The Balaban J connectivity index is 2.38. The van der Waals surface area contributed by atoms with Gasteiger partial charge in [-0.15, -0.1) is 0 Å². The van der Waals surface area contributed by atoms with Crippen molar-refractivity contribution in [3.63, 3.8) is 0 Å². The topological polar surface area (TPSA) is 29.5 Å². The number of ether oxygens (including phenoxy) is 1. The summed E-state index contributed by atoms with van der Waals surface area (Å²) >= 11 is 0. The molecule has 0 saturated heterocycles. The summed E-state index contributed by atoms with van der Waals surface area (Å²) in [6.07, 6.45) is 2.46. The standard InChI is InChI=1S/C10H20O2/c1-8(2)12-7-10(4,11)9(3)5-6-9/h8,11H,5-7H2,1-4H3. The van der Waals surface area contributed by atoms with Crippen LogP contribution in [0.5, 0.6) is 0 Å². The summed E-state index contributed by atoms with van der Waals surface area (Å²) in [6, 6.07) is 0. The molecular formula is C10H20O2. The summed E-state index contributed by atoms with van der Waals surface area (Å²) in [5, 5.41) is 10.0. The molecule has 1 aliphatic rings. The predicted molar refractivity (Wildman–Crippen MR) is 49.1 cm³/mol. The van der Waals surface area contributed by atoms with Crippen LogP contribution in [0.15, 0.2) is 0 Å². The lowest BCUT2D eigenvalue weighted by Crippen LogP contribution is -2.40. The maximum Gasteiger partial charge on any atom is 0.0905 e. The van der Waals surface area contributed by atoms with E-state index in [0.29, 0.717) is 6.61 Å². The molecule has 1 atom stereocenters. The van der Waals surface area contributed by atoms with Crippen molar-refractivity contribution in [1.82, 2.24) is 0 Å². The molecule has 1 aliphatic carbocycles. The molecule has 1 fully saturated rings. The molecule has 0 amide bonds. The van der Waals surface area contributed by atoms with E-state index >= 15 is 0 Å². The van der Waals surface area contributed by atoms with Crippen LogP contribution in [-0.4, -0.2) is 23.4 Å². The number of hydrogen-bond acceptors (Lipinski definition) is 2. The van der Waals surface area contributed by atoms with Crippen LogP contribution in [0.1, 0.15) is 40.5 Å². The minimum absolute atomic E-state index is 0.113. The summed E-state index contributed by atoms with van der Waals surface area (Å²) in [7, 11) is 0. The summed E-state index contributed by atoms with van der Waals surface area (Å²) in [5.74, 6) is 0. The third-order valence-corrected chi connectivity index (χ3v) is 3.00.